The average molecular weight is 651 g/mol. The van der Waals surface area contributed by atoms with Gasteiger partial charge in [-0.15, -0.1) is 0 Å². The lowest BCUT2D eigenvalue weighted by Crippen LogP contribution is -1.95. The lowest BCUT2D eigenvalue weighted by atomic mass is 9.96. The Labute approximate surface area is 293 Å². The molecule has 0 bridgehead atoms. The Bertz CT molecular complexity index is 3090. The van der Waals surface area contributed by atoms with E-state index in [0.29, 0.717) is 0 Å². The standard InChI is InChI=1S/C48H30N2O/c1-2-12-31(13-3-1)32-14-10-15-33(28-32)36-19-11-23-47-48(36)41-30-35(25-27-46(41)51-47)50-44-22-9-6-18-39(44)40-29-34(24-26-45(40)50)49-42-20-7-4-16-37(42)38-17-5-8-21-43(38)49/h1-30H. The van der Waals surface area contributed by atoms with E-state index >= 15 is 0 Å². The summed E-state index contributed by atoms with van der Waals surface area (Å²) in [5.41, 5.74) is 13.5. The number of furan rings is 1. The Balaban J connectivity index is 1.12. The van der Waals surface area contributed by atoms with E-state index in [1.807, 2.05) is 0 Å². The van der Waals surface area contributed by atoms with Gasteiger partial charge in [0.15, 0.2) is 0 Å². The number of para-hydroxylation sites is 3. The lowest BCUT2D eigenvalue weighted by molar-refractivity contribution is 0.669. The minimum atomic E-state index is 0.884. The minimum Gasteiger partial charge on any atom is -0.456 e. The Hall–Kier alpha value is -6.84. The molecule has 0 unspecified atom stereocenters. The third-order valence-corrected chi connectivity index (χ3v) is 10.5. The Morgan fingerprint density at radius 2 is 0.843 bits per heavy atom. The van der Waals surface area contributed by atoms with Crippen LogP contribution in [0, 0.1) is 0 Å². The fourth-order valence-corrected chi connectivity index (χ4v) is 8.27. The zero-order chi connectivity index (χ0) is 33.5. The van der Waals surface area contributed by atoms with E-state index in [4.69, 9.17) is 4.42 Å². The van der Waals surface area contributed by atoms with Crippen LogP contribution in [0.15, 0.2) is 186 Å². The van der Waals surface area contributed by atoms with Gasteiger partial charge in [0.1, 0.15) is 11.2 Å². The summed E-state index contributed by atoms with van der Waals surface area (Å²) >= 11 is 0. The number of aromatic nitrogens is 2. The van der Waals surface area contributed by atoms with E-state index in [0.717, 1.165) is 33.3 Å². The minimum absolute atomic E-state index is 0.884. The summed E-state index contributed by atoms with van der Waals surface area (Å²) < 4.78 is 11.3. The molecular weight excluding hydrogens is 621 g/mol. The number of benzene rings is 8. The van der Waals surface area contributed by atoms with Gasteiger partial charge in [-0.2, -0.15) is 0 Å². The molecular formula is C48H30N2O. The maximum absolute atomic E-state index is 6.49. The first kappa shape index (κ1) is 28.0. The van der Waals surface area contributed by atoms with Gasteiger partial charge in [0, 0.05) is 43.7 Å². The Morgan fingerprint density at radius 1 is 0.314 bits per heavy atom. The summed E-state index contributed by atoms with van der Waals surface area (Å²) in [6.45, 7) is 0. The molecule has 8 aromatic carbocycles. The van der Waals surface area contributed by atoms with E-state index in [1.54, 1.807) is 0 Å². The Kier molecular flexibility index (Phi) is 5.96. The number of hydrogen-bond donors (Lipinski definition) is 0. The first-order valence-corrected chi connectivity index (χ1v) is 17.4. The summed E-state index contributed by atoms with van der Waals surface area (Å²) in [5.74, 6) is 0. The third-order valence-electron chi connectivity index (χ3n) is 10.5. The maximum atomic E-state index is 6.49. The van der Waals surface area contributed by atoms with Crippen molar-refractivity contribution in [2.45, 2.75) is 0 Å². The summed E-state index contributed by atoms with van der Waals surface area (Å²) in [7, 11) is 0. The van der Waals surface area contributed by atoms with Gasteiger partial charge < -0.3 is 13.6 Å². The van der Waals surface area contributed by atoms with Crippen LogP contribution < -0.4 is 0 Å². The van der Waals surface area contributed by atoms with Crippen molar-refractivity contribution in [2.24, 2.45) is 0 Å². The van der Waals surface area contributed by atoms with Gasteiger partial charge in [-0.1, -0.05) is 115 Å². The molecule has 11 rings (SSSR count). The SMILES string of the molecule is c1ccc(-c2cccc(-c3cccc4oc5ccc(-n6c7ccccc7c7cc(-n8c9ccccc9c9ccccc98)ccc76)cc5c34)c2)cc1. The lowest BCUT2D eigenvalue weighted by Gasteiger charge is -2.11. The van der Waals surface area contributed by atoms with Crippen LogP contribution in [-0.2, 0) is 0 Å². The van der Waals surface area contributed by atoms with Gasteiger partial charge in [-0.25, -0.2) is 0 Å². The molecule has 0 aliphatic rings. The molecule has 11 aromatic rings. The molecule has 51 heavy (non-hydrogen) atoms. The molecule has 0 aliphatic carbocycles. The molecule has 0 radical (unpaired) electrons. The van der Waals surface area contributed by atoms with Crippen molar-refractivity contribution in [3.63, 3.8) is 0 Å². The first-order chi connectivity index (χ1) is 25.3. The van der Waals surface area contributed by atoms with E-state index in [2.05, 4.69) is 191 Å². The predicted octanol–water partition coefficient (Wildman–Crippen LogP) is 13.1. The smallest absolute Gasteiger partial charge is 0.136 e. The molecule has 0 saturated carbocycles. The topological polar surface area (TPSA) is 23.0 Å². The molecule has 0 atom stereocenters. The van der Waals surface area contributed by atoms with Crippen LogP contribution in [0.3, 0.4) is 0 Å². The van der Waals surface area contributed by atoms with E-state index in [1.165, 1.54) is 65.9 Å². The van der Waals surface area contributed by atoms with E-state index in [-0.39, 0.29) is 0 Å². The van der Waals surface area contributed by atoms with Crippen molar-refractivity contribution in [1.29, 1.82) is 0 Å². The second-order valence-electron chi connectivity index (χ2n) is 13.3. The summed E-state index contributed by atoms with van der Waals surface area (Å²) in [4.78, 5) is 0. The monoisotopic (exact) mass is 650 g/mol. The predicted molar refractivity (Wildman–Crippen MR) is 213 cm³/mol. The average Bonchev–Trinajstić information content (AvgIpc) is 3.85. The Morgan fingerprint density at radius 3 is 1.55 bits per heavy atom. The molecule has 3 aromatic heterocycles. The summed E-state index contributed by atoms with van der Waals surface area (Å²) in [6, 6.07) is 65.4. The van der Waals surface area contributed by atoms with Crippen LogP contribution >= 0.6 is 0 Å². The largest absolute Gasteiger partial charge is 0.456 e. The van der Waals surface area contributed by atoms with Gasteiger partial charge in [0.2, 0.25) is 0 Å². The van der Waals surface area contributed by atoms with Crippen molar-refractivity contribution < 1.29 is 4.42 Å². The molecule has 0 spiro atoms. The summed E-state index contributed by atoms with van der Waals surface area (Å²) in [5, 5.41) is 7.22. The quantitative estimate of drug-likeness (QED) is 0.186. The molecule has 0 aliphatic heterocycles. The van der Waals surface area contributed by atoms with Gasteiger partial charge in [0.25, 0.3) is 0 Å². The van der Waals surface area contributed by atoms with Crippen LogP contribution in [0.1, 0.15) is 0 Å². The maximum Gasteiger partial charge on any atom is 0.136 e. The molecule has 0 amide bonds. The highest BCUT2D eigenvalue weighted by molar-refractivity contribution is 6.15. The van der Waals surface area contributed by atoms with E-state index in [9.17, 15) is 0 Å². The molecule has 0 saturated heterocycles. The van der Waals surface area contributed by atoms with E-state index < -0.39 is 0 Å². The van der Waals surface area contributed by atoms with Gasteiger partial charge >= 0.3 is 0 Å². The summed E-state index contributed by atoms with van der Waals surface area (Å²) in [6.07, 6.45) is 0. The molecule has 3 heteroatoms. The van der Waals surface area contributed by atoms with Crippen molar-refractivity contribution in [1.82, 2.24) is 9.13 Å². The highest BCUT2D eigenvalue weighted by Crippen LogP contribution is 2.41. The molecule has 0 fully saturated rings. The zero-order valence-electron chi connectivity index (χ0n) is 27.6. The van der Waals surface area contributed by atoms with Gasteiger partial charge in [-0.3, -0.25) is 0 Å². The van der Waals surface area contributed by atoms with Crippen LogP contribution in [0.25, 0.3) is 99.2 Å². The van der Waals surface area contributed by atoms with Crippen molar-refractivity contribution >= 4 is 65.6 Å². The zero-order valence-corrected chi connectivity index (χ0v) is 27.6. The van der Waals surface area contributed by atoms with Gasteiger partial charge in [0.05, 0.1) is 22.1 Å². The van der Waals surface area contributed by atoms with Crippen molar-refractivity contribution in [3.8, 4) is 33.6 Å². The molecule has 3 heterocycles. The second kappa shape index (κ2) is 10.8. The van der Waals surface area contributed by atoms with Crippen LogP contribution in [0.4, 0.5) is 0 Å². The highest BCUT2D eigenvalue weighted by Gasteiger charge is 2.18. The second-order valence-corrected chi connectivity index (χ2v) is 13.3. The van der Waals surface area contributed by atoms with Crippen molar-refractivity contribution in [2.75, 3.05) is 0 Å². The highest BCUT2D eigenvalue weighted by atomic mass is 16.3. The number of nitrogens with zero attached hydrogens (tertiary/aromatic N) is 2. The fraction of sp³-hybridized carbons (Fsp3) is 0. The first-order valence-electron chi connectivity index (χ1n) is 17.4. The molecule has 0 N–H and O–H groups in total. The number of rotatable bonds is 4. The molecule has 3 nitrogen and oxygen atoms in total. The normalized spacial score (nSPS) is 11.9. The fourth-order valence-electron chi connectivity index (χ4n) is 8.27. The van der Waals surface area contributed by atoms with Crippen molar-refractivity contribution in [3.05, 3.63) is 182 Å². The van der Waals surface area contributed by atoms with Crippen LogP contribution in [0.2, 0.25) is 0 Å². The number of fused-ring (bicyclic) bond motifs is 9. The third kappa shape index (κ3) is 4.19. The molecule has 238 valence electrons. The van der Waals surface area contributed by atoms with Gasteiger partial charge in [-0.05, 0) is 89.0 Å². The van der Waals surface area contributed by atoms with Crippen LogP contribution in [-0.4, -0.2) is 9.13 Å². The van der Waals surface area contributed by atoms with Crippen LogP contribution in [0.5, 0.6) is 0 Å². The number of hydrogen-bond acceptors (Lipinski definition) is 1.